The maximum absolute atomic E-state index is 12.2. The first kappa shape index (κ1) is 23.2. The zero-order valence-corrected chi connectivity index (χ0v) is 16.8. The van der Waals surface area contributed by atoms with E-state index in [4.69, 9.17) is 10.5 Å². The van der Waals surface area contributed by atoms with E-state index in [-0.39, 0.29) is 12.5 Å². The number of hydrogen-bond acceptors (Lipinski definition) is 6. The van der Waals surface area contributed by atoms with Crippen LogP contribution in [0.2, 0.25) is 0 Å². The molecule has 1 rings (SSSR count). The summed E-state index contributed by atoms with van der Waals surface area (Å²) in [4.78, 5) is 25.9. The van der Waals surface area contributed by atoms with Gasteiger partial charge in [-0.25, -0.2) is 0 Å². The van der Waals surface area contributed by atoms with Crippen LogP contribution in [0.3, 0.4) is 0 Å². The van der Waals surface area contributed by atoms with Crippen molar-refractivity contribution in [3.63, 3.8) is 0 Å². The highest BCUT2D eigenvalue weighted by atomic mass is 16.5. The third-order valence-corrected chi connectivity index (χ3v) is 4.45. The topological polar surface area (TPSA) is 96.7 Å². The van der Waals surface area contributed by atoms with Gasteiger partial charge in [-0.3, -0.25) is 14.5 Å². The normalized spacial score (nSPS) is 12.2. The summed E-state index contributed by atoms with van der Waals surface area (Å²) < 4.78 is 5.25. The van der Waals surface area contributed by atoms with Gasteiger partial charge in [0.25, 0.3) is 0 Å². The van der Waals surface area contributed by atoms with Gasteiger partial charge >= 0.3 is 0 Å². The van der Waals surface area contributed by atoms with E-state index in [1.54, 1.807) is 12.1 Å². The second kappa shape index (κ2) is 13.4. The number of carbonyl (C=O) groups excluding carboxylic acids is 2. The van der Waals surface area contributed by atoms with Crippen molar-refractivity contribution in [3.05, 3.63) is 29.3 Å². The highest BCUT2D eigenvalue weighted by molar-refractivity contribution is 5.94. The van der Waals surface area contributed by atoms with Crippen molar-refractivity contribution in [2.24, 2.45) is 5.73 Å². The number of nitrogens with two attached hydrogens (primary N) is 1. The molecule has 7 heteroatoms. The Kier molecular flexibility index (Phi) is 11.5. The lowest BCUT2D eigenvalue weighted by Gasteiger charge is -2.26. The number of amides is 1. The summed E-state index contributed by atoms with van der Waals surface area (Å²) in [5.41, 5.74) is 7.48. The molecule has 0 heterocycles. The molecule has 0 spiro atoms. The average Bonchev–Trinajstić information content (AvgIpc) is 2.66. The number of benzene rings is 1. The largest absolute Gasteiger partial charge is 0.379 e. The molecule has 0 aliphatic carbocycles. The maximum Gasteiger partial charge on any atom is 0.238 e. The van der Waals surface area contributed by atoms with Crippen molar-refractivity contribution in [1.29, 1.82) is 0 Å². The molecule has 0 fully saturated rings. The zero-order valence-electron chi connectivity index (χ0n) is 16.8. The van der Waals surface area contributed by atoms with Crippen molar-refractivity contribution >= 4 is 17.9 Å². The molecular weight excluding hydrogens is 344 g/mol. The lowest BCUT2D eigenvalue weighted by Crippen LogP contribution is -2.32. The SMILES string of the molecule is CCCC(C)N(C)Cc1c(C=O)cccc1NC(=O)CNCCOCCN. The third kappa shape index (κ3) is 8.62. The number of rotatable bonds is 14. The third-order valence-electron chi connectivity index (χ3n) is 4.45. The average molecular weight is 379 g/mol. The molecule has 1 atom stereocenters. The van der Waals surface area contributed by atoms with E-state index in [9.17, 15) is 9.59 Å². The van der Waals surface area contributed by atoms with Gasteiger partial charge in [0.05, 0.1) is 19.8 Å². The molecule has 0 saturated carbocycles. The highest BCUT2D eigenvalue weighted by Crippen LogP contribution is 2.22. The van der Waals surface area contributed by atoms with Crippen LogP contribution in [0, 0.1) is 0 Å². The van der Waals surface area contributed by atoms with Gasteiger partial charge in [-0.1, -0.05) is 25.5 Å². The van der Waals surface area contributed by atoms with Crippen molar-refractivity contribution in [2.45, 2.75) is 39.3 Å². The smallest absolute Gasteiger partial charge is 0.238 e. The van der Waals surface area contributed by atoms with Crippen LogP contribution in [0.15, 0.2) is 18.2 Å². The quantitative estimate of drug-likeness (QED) is 0.336. The van der Waals surface area contributed by atoms with Crippen LogP contribution in [-0.4, -0.2) is 63.0 Å². The summed E-state index contributed by atoms with van der Waals surface area (Å²) >= 11 is 0. The van der Waals surface area contributed by atoms with E-state index < -0.39 is 0 Å². The Morgan fingerprint density at radius 1 is 1.37 bits per heavy atom. The van der Waals surface area contributed by atoms with Crippen LogP contribution in [0.1, 0.15) is 42.6 Å². The molecule has 0 saturated heterocycles. The minimum absolute atomic E-state index is 0.151. The number of ether oxygens (including phenoxy) is 1. The second-order valence-corrected chi connectivity index (χ2v) is 6.67. The summed E-state index contributed by atoms with van der Waals surface area (Å²) in [5, 5.41) is 5.95. The van der Waals surface area contributed by atoms with Gasteiger partial charge in [0.1, 0.15) is 6.29 Å². The minimum Gasteiger partial charge on any atom is -0.379 e. The van der Waals surface area contributed by atoms with Crippen molar-refractivity contribution in [3.8, 4) is 0 Å². The predicted octanol–water partition coefficient (Wildman–Crippen LogP) is 1.62. The molecule has 4 N–H and O–H groups in total. The van der Waals surface area contributed by atoms with Crippen molar-refractivity contribution < 1.29 is 14.3 Å². The molecule has 1 aromatic carbocycles. The summed E-state index contributed by atoms with van der Waals surface area (Å²) in [6.07, 6.45) is 3.03. The number of hydrogen-bond donors (Lipinski definition) is 3. The monoisotopic (exact) mass is 378 g/mol. The Morgan fingerprint density at radius 3 is 2.81 bits per heavy atom. The molecule has 152 valence electrons. The van der Waals surface area contributed by atoms with Crippen LogP contribution in [0.25, 0.3) is 0 Å². The molecule has 0 bridgehead atoms. The van der Waals surface area contributed by atoms with Gasteiger partial charge in [-0.2, -0.15) is 0 Å². The molecular formula is C20H34N4O3. The van der Waals surface area contributed by atoms with Gasteiger partial charge in [0.2, 0.25) is 5.91 Å². The summed E-state index contributed by atoms with van der Waals surface area (Å²) in [6.45, 7) is 7.19. The summed E-state index contributed by atoms with van der Waals surface area (Å²) in [7, 11) is 2.04. The van der Waals surface area contributed by atoms with Crippen LogP contribution in [0.5, 0.6) is 0 Å². The number of nitrogens with zero attached hydrogens (tertiary/aromatic N) is 1. The van der Waals surface area contributed by atoms with Crippen LogP contribution >= 0.6 is 0 Å². The summed E-state index contributed by atoms with van der Waals surface area (Å²) in [6, 6.07) is 5.80. The Balaban J connectivity index is 2.68. The molecule has 0 aromatic heterocycles. The Hall–Kier alpha value is -1.80. The first-order valence-corrected chi connectivity index (χ1v) is 9.59. The van der Waals surface area contributed by atoms with E-state index in [0.717, 1.165) is 24.7 Å². The molecule has 7 nitrogen and oxygen atoms in total. The van der Waals surface area contributed by atoms with Gasteiger partial charge < -0.3 is 21.1 Å². The highest BCUT2D eigenvalue weighted by Gasteiger charge is 2.15. The fourth-order valence-electron chi connectivity index (χ4n) is 2.78. The number of nitrogens with one attached hydrogen (secondary N) is 2. The van der Waals surface area contributed by atoms with Crippen LogP contribution in [0.4, 0.5) is 5.69 Å². The summed E-state index contributed by atoms with van der Waals surface area (Å²) in [5.74, 6) is -0.151. The first-order chi connectivity index (χ1) is 13.0. The lowest BCUT2D eigenvalue weighted by atomic mass is 10.0. The number of anilines is 1. The maximum atomic E-state index is 12.2. The van der Waals surface area contributed by atoms with E-state index >= 15 is 0 Å². The van der Waals surface area contributed by atoms with Crippen molar-refractivity contribution in [2.75, 3.05) is 45.2 Å². The Labute approximate surface area is 162 Å². The van der Waals surface area contributed by atoms with Gasteiger partial charge in [-0.05, 0) is 26.5 Å². The molecule has 0 radical (unpaired) electrons. The number of carbonyl (C=O) groups is 2. The van der Waals surface area contributed by atoms with E-state index in [2.05, 4.69) is 29.4 Å². The van der Waals surface area contributed by atoms with Crippen LogP contribution in [-0.2, 0) is 16.1 Å². The fourth-order valence-corrected chi connectivity index (χ4v) is 2.78. The second-order valence-electron chi connectivity index (χ2n) is 6.67. The van der Waals surface area contributed by atoms with E-state index in [1.807, 2.05) is 13.1 Å². The first-order valence-electron chi connectivity index (χ1n) is 9.59. The van der Waals surface area contributed by atoms with E-state index in [0.29, 0.717) is 50.1 Å². The molecule has 1 amide bonds. The minimum atomic E-state index is -0.151. The van der Waals surface area contributed by atoms with Crippen molar-refractivity contribution in [1.82, 2.24) is 10.2 Å². The van der Waals surface area contributed by atoms with Gasteiger partial charge in [0, 0.05) is 42.5 Å². The lowest BCUT2D eigenvalue weighted by molar-refractivity contribution is -0.115. The van der Waals surface area contributed by atoms with Gasteiger partial charge in [-0.15, -0.1) is 0 Å². The molecule has 0 aliphatic rings. The number of aldehydes is 1. The molecule has 0 aliphatic heterocycles. The van der Waals surface area contributed by atoms with Gasteiger partial charge in [0.15, 0.2) is 0 Å². The predicted molar refractivity (Wildman–Crippen MR) is 109 cm³/mol. The zero-order chi connectivity index (χ0) is 20.1. The fraction of sp³-hybridized carbons (Fsp3) is 0.600. The Bertz CT molecular complexity index is 580. The Morgan fingerprint density at radius 2 is 2.15 bits per heavy atom. The van der Waals surface area contributed by atoms with E-state index in [1.165, 1.54) is 0 Å². The standard InChI is InChI=1S/C20H34N4O3/c1-4-6-16(2)24(3)14-18-17(15-25)7-5-8-19(18)23-20(26)13-22-10-12-27-11-9-21/h5,7-8,15-16,22H,4,6,9-14,21H2,1-3H3,(H,23,26). The molecule has 27 heavy (non-hydrogen) atoms. The molecule has 1 unspecified atom stereocenters. The molecule has 1 aromatic rings. The van der Waals surface area contributed by atoms with Crippen LogP contribution < -0.4 is 16.4 Å².